The van der Waals surface area contributed by atoms with Crippen molar-refractivity contribution in [3.8, 4) is 22.3 Å². The molecular formula is C43H51Br5Cu2N4. The summed E-state index contributed by atoms with van der Waals surface area (Å²) in [4.78, 5) is 19.0. The molecule has 0 aliphatic heterocycles. The Balaban J connectivity index is 0. The molecule has 54 heavy (non-hydrogen) atoms. The van der Waals surface area contributed by atoms with E-state index in [1.54, 1.807) is 0 Å². The van der Waals surface area contributed by atoms with Crippen LogP contribution >= 0.6 is 83.9 Å². The third-order valence-corrected chi connectivity index (χ3v) is 9.31. The van der Waals surface area contributed by atoms with Gasteiger partial charge >= 0.3 is 0 Å². The fourth-order valence-electron chi connectivity index (χ4n) is 6.17. The van der Waals surface area contributed by atoms with E-state index in [0.29, 0.717) is 23.7 Å². The molecule has 5 rings (SSSR count). The molecule has 0 saturated carbocycles. The summed E-state index contributed by atoms with van der Waals surface area (Å²) in [5.74, 6) is 1.19. The predicted molar refractivity (Wildman–Crippen MR) is 250 cm³/mol. The smallest absolute Gasteiger partial charge is 0.0812 e. The van der Waals surface area contributed by atoms with Crippen LogP contribution in [-0.2, 0) is 34.1 Å². The molecule has 0 amide bonds. The van der Waals surface area contributed by atoms with Gasteiger partial charge in [0.25, 0.3) is 0 Å². The molecule has 0 bridgehead atoms. The Kier molecular flexibility index (Phi) is 25.6. The van der Waals surface area contributed by atoms with E-state index in [9.17, 15) is 0 Å². The number of benzene rings is 3. The van der Waals surface area contributed by atoms with Gasteiger partial charge in [0, 0.05) is 51.0 Å². The zero-order valence-corrected chi connectivity index (χ0v) is 42.3. The van der Waals surface area contributed by atoms with Crippen molar-refractivity contribution in [3.63, 3.8) is 0 Å². The Bertz CT molecular complexity index is 1770. The van der Waals surface area contributed by atoms with E-state index < -0.39 is 0 Å². The number of hydrogen-bond acceptors (Lipinski definition) is 4. The van der Waals surface area contributed by atoms with Crippen molar-refractivity contribution in [1.82, 2.24) is 9.97 Å². The van der Waals surface area contributed by atoms with Crippen molar-refractivity contribution in [1.29, 1.82) is 0 Å². The van der Waals surface area contributed by atoms with Gasteiger partial charge in [-0.2, -0.15) is 0 Å². The van der Waals surface area contributed by atoms with E-state index in [0.717, 1.165) is 27.2 Å². The molecule has 3 aromatic carbocycles. The predicted octanol–water partition coefficient (Wildman–Crippen LogP) is 15.2. The molecule has 2 heterocycles. The fourth-order valence-corrected chi connectivity index (χ4v) is 6.63. The van der Waals surface area contributed by atoms with Crippen LogP contribution in [0.5, 0.6) is 0 Å². The molecule has 0 fully saturated rings. The van der Waals surface area contributed by atoms with Gasteiger partial charge in [-0.3, -0.25) is 20.0 Å². The number of pyridine rings is 2. The first-order chi connectivity index (χ1) is 22.9. The first-order valence-electron chi connectivity index (χ1n) is 17.0. The van der Waals surface area contributed by atoms with Gasteiger partial charge in [-0.1, -0.05) is 83.5 Å². The van der Waals surface area contributed by atoms with Gasteiger partial charge in [0.05, 0.1) is 35.2 Å². The number of rotatable bonds is 10. The summed E-state index contributed by atoms with van der Waals surface area (Å²) in [7, 11) is 0. The summed E-state index contributed by atoms with van der Waals surface area (Å²) in [5.41, 5.74) is 14.9. The molecule has 0 spiro atoms. The van der Waals surface area contributed by atoms with Gasteiger partial charge in [0.1, 0.15) is 0 Å². The standard InChI is InChI=1S/C43H47BrN4.4BrH.2Cu/c1-26(2)36-18-31(19-37(27(3)4)42(36)47-24-34-14-10-12-16-45-34)40-22-33(44)23-41(30(40)9)32-20-38(28(5)6)43(39(21-32)29(7)8)48-25-35-15-11-13-17-46-35;;;;;;/h10-29H,1-9H3;4*1H;;. The molecule has 5 aromatic rings. The van der Waals surface area contributed by atoms with E-state index in [4.69, 9.17) is 9.98 Å². The van der Waals surface area contributed by atoms with Crippen LogP contribution in [0.1, 0.15) is 118 Å². The summed E-state index contributed by atoms with van der Waals surface area (Å²) in [6, 6.07) is 25.7. The van der Waals surface area contributed by atoms with Gasteiger partial charge in [-0.15, -0.1) is 67.9 Å². The molecule has 0 N–H and O–H groups in total. The van der Waals surface area contributed by atoms with Crippen LogP contribution in [-0.4, -0.2) is 22.4 Å². The first-order valence-corrected chi connectivity index (χ1v) is 17.8. The number of aromatic nitrogens is 2. The Morgan fingerprint density at radius 1 is 0.519 bits per heavy atom. The quantitative estimate of drug-likeness (QED) is 0.103. The van der Waals surface area contributed by atoms with Crippen LogP contribution < -0.4 is 0 Å². The average molecular weight is 1150 g/mol. The number of aliphatic imine (C=N–C) groups is 2. The summed E-state index contributed by atoms with van der Waals surface area (Å²) in [6.45, 7) is 20.3. The third kappa shape index (κ3) is 13.4. The van der Waals surface area contributed by atoms with Gasteiger partial charge in [0.15, 0.2) is 0 Å². The number of nitrogens with zero attached hydrogens (tertiary/aromatic N) is 4. The zero-order valence-electron chi connectivity index (χ0n) is 31.9. The molecular weight excluding hydrogens is 1100 g/mol. The minimum atomic E-state index is 0. The minimum Gasteiger partial charge on any atom is -0.255 e. The monoisotopic (exact) mass is 1140 g/mol. The van der Waals surface area contributed by atoms with Gasteiger partial charge < -0.3 is 0 Å². The molecule has 0 unspecified atom stereocenters. The second kappa shape index (κ2) is 25.2. The number of hydrogen-bond donors (Lipinski definition) is 0. The van der Waals surface area contributed by atoms with E-state index >= 15 is 0 Å². The van der Waals surface area contributed by atoms with Crippen LogP contribution in [0.2, 0.25) is 0 Å². The molecule has 4 nitrogen and oxygen atoms in total. The Labute approximate surface area is 394 Å². The zero-order chi connectivity index (χ0) is 34.5. The van der Waals surface area contributed by atoms with Crippen LogP contribution in [0.15, 0.2) is 99.6 Å². The maximum Gasteiger partial charge on any atom is 0.0812 e. The molecule has 0 aliphatic rings. The van der Waals surface area contributed by atoms with Gasteiger partial charge in [-0.25, -0.2) is 0 Å². The summed E-state index contributed by atoms with van der Waals surface area (Å²) in [6.07, 6.45) is 7.39. The summed E-state index contributed by atoms with van der Waals surface area (Å²) in [5, 5.41) is 0. The van der Waals surface area contributed by atoms with Gasteiger partial charge in [0.2, 0.25) is 0 Å². The maximum absolute atomic E-state index is 5.04. The number of halogens is 5. The first kappa shape index (κ1) is 54.8. The normalized spacial score (nSPS) is 10.8. The summed E-state index contributed by atoms with van der Waals surface area (Å²) < 4.78 is 1.06. The van der Waals surface area contributed by atoms with Crippen molar-refractivity contribution in [2.45, 2.75) is 86.0 Å². The molecule has 0 atom stereocenters. The van der Waals surface area contributed by atoms with Crippen molar-refractivity contribution in [2.75, 3.05) is 0 Å². The van der Waals surface area contributed by atoms with Crippen LogP contribution in [0, 0.1) is 6.92 Å². The molecule has 0 aliphatic carbocycles. The van der Waals surface area contributed by atoms with Gasteiger partial charge in [-0.05, 0) is 141 Å². The van der Waals surface area contributed by atoms with Crippen LogP contribution in [0.4, 0.5) is 11.4 Å². The van der Waals surface area contributed by atoms with Crippen LogP contribution in [0.25, 0.3) is 22.3 Å². The van der Waals surface area contributed by atoms with E-state index in [1.165, 1.54) is 50.1 Å². The Hall–Kier alpha value is -1.26. The molecule has 300 valence electrons. The maximum atomic E-state index is 5.04. The van der Waals surface area contributed by atoms with Crippen molar-refractivity contribution >= 4 is 108 Å². The molecule has 2 radical (unpaired) electrons. The Morgan fingerprint density at radius 3 is 1.09 bits per heavy atom. The Morgan fingerprint density at radius 2 is 0.833 bits per heavy atom. The van der Waals surface area contributed by atoms with E-state index in [1.807, 2.05) is 61.2 Å². The molecule has 0 saturated heterocycles. The SMILES string of the molecule is Br.Br.Br.Br.Cc1c(-c2cc(C(C)C)c(N=Cc3ccccn3)c(C(C)C)c2)cc(Br)cc1-c1cc(C(C)C)c(N=Cc2ccccn2)c(C(C)C)c1.[Cu].[Cu]. The third-order valence-electron chi connectivity index (χ3n) is 8.85. The van der Waals surface area contributed by atoms with E-state index in [-0.39, 0.29) is 102 Å². The fraction of sp³-hybridized carbons (Fsp3) is 0.302. The largest absolute Gasteiger partial charge is 0.255 e. The topological polar surface area (TPSA) is 50.5 Å². The second-order valence-corrected chi connectivity index (χ2v) is 14.7. The van der Waals surface area contributed by atoms with Crippen molar-refractivity contribution < 1.29 is 34.1 Å². The minimum absolute atomic E-state index is 0. The average Bonchev–Trinajstić information content (AvgIpc) is 3.07. The molecule has 11 heteroatoms. The van der Waals surface area contributed by atoms with Crippen molar-refractivity contribution in [2.24, 2.45) is 9.98 Å². The molecule has 2 aromatic heterocycles. The second-order valence-electron chi connectivity index (χ2n) is 13.8. The van der Waals surface area contributed by atoms with E-state index in [2.05, 4.69) is 125 Å². The van der Waals surface area contributed by atoms with Crippen LogP contribution in [0.3, 0.4) is 0 Å². The van der Waals surface area contributed by atoms with Crippen molar-refractivity contribution in [3.05, 3.63) is 129 Å². The summed E-state index contributed by atoms with van der Waals surface area (Å²) >= 11 is 3.90.